The molecule has 2 rings (SSSR count). The van der Waals surface area contributed by atoms with Crippen LogP contribution in [0.25, 0.3) is 0 Å². The molecule has 4 nitrogen and oxygen atoms in total. The predicted molar refractivity (Wildman–Crippen MR) is 59.3 cm³/mol. The molecule has 0 aliphatic carbocycles. The van der Waals surface area contributed by atoms with Gasteiger partial charge < -0.3 is 14.3 Å². The Hall–Kier alpha value is -0.870. The van der Waals surface area contributed by atoms with Gasteiger partial charge in [-0.1, -0.05) is 6.92 Å². The lowest BCUT2D eigenvalue weighted by atomic mass is 9.97. The zero-order chi connectivity index (χ0) is 11.4. The standard InChI is InChI=1S/C12H19NO3/c1-9(8-14)11-7-13-12(16-11)6-10-2-4-15-5-3-10/h7,9-10,14H,2-6,8H2,1H3. The van der Waals surface area contributed by atoms with Gasteiger partial charge in [-0.3, -0.25) is 0 Å². The highest BCUT2D eigenvalue weighted by Crippen LogP contribution is 2.22. The van der Waals surface area contributed by atoms with Crippen molar-refractivity contribution in [2.45, 2.75) is 32.1 Å². The molecule has 1 aromatic heterocycles. The number of ether oxygens (including phenoxy) is 1. The molecule has 1 saturated heterocycles. The van der Waals surface area contributed by atoms with Gasteiger partial charge in [0, 0.05) is 25.6 Å². The average Bonchev–Trinajstić information content (AvgIpc) is 2.78. The van der Waals surface area contributed by atoms with E-state index in [1.807, 2.05) is 6.92 Å². The molecule has 1 aromatic rings. The molecule has 1 unspecified atom stereocenters. The fourth-order valence-corrected chi connectivity index (χ4v) is 1.93. The molecule has 1 fully saturated rings. The van der Waals surface area contributed by atoms with Crippen molar-refractivity contribution < 1.29 is 14.3 Å². The average molecular weight is 225 g/mol. The zero-order valence-electron chi connectivity index (χ0n) is 9.69. The van der Waals surface area contributed by atoms with Gasteiger partial charge >= 0.3 is 0 Å². The zero-order valence-corrected chi connectivity index (χ0v) is 9.69. The van der Waals surface area contributed by atoms with Crippen molar-refractivity contribution in [2.75, 3.05) is 19.8 Å². The number of aliphatic hydroxyl groups excluding tert-OH is 1. The summed E-state index contributed by atoms with van der Waals surface area (Å²) in [5.74, 6) is 2.24. The molecule has 0 amide bonds. The summed E-state index contributed by atoms with van der Waals surface area (Å²) >= 11 is 0. The molecule has 1 aliphatic heterocycles. The first-order chi connectivity index (χ1) is 7.79. The SMILES string of the molecule is CC(CO)c1cnc(CC2CCOCC2)o1. The van der Waals surface area contributed by atoms with Crippen LogP contribution >= 0.6 is 0 Å². The number of rotatable bonds is 4. The number of hydrogen-bond acceptors (Lipinski definition) is 4. The van der Waals surface area contributed by atoms with E-state index in [0.29, 0.717) is 5.92 Å². The Morgan fingerprint density at radius 1 is 1.50 bits per heavy atom. The van der Waals surface area contributed by atoms with Crippen molar-refractivity contribution in [2.24, 2.45) is 5.92 Å². The summed E-state index contributed by atoms with van der Waals surface area (Å²) in [4.78, 5) is 4.26. The van der Waals surface area contributed by atoms with Crippen LogP contribution in [0.1, 0.15) is 37.3 Å². The van der Waals surface area contributed by atoms with Crippen LogP contribution in [0.3, 0.4) is 0 Å². The minimum absolute atomic E-state index is 0.0379. The van der Waals surface area contributed by atoms with Crippen molar-refractivity contribution in [3.63, 3.8) is 0 Å². The number of oxazole rings is 1. The van der Waals surface area contributed by atoms with Gasteiger partial charge in [0.2, 0.25) is 0 Å². The third-order valence-electron chi connectivity index (χ3n) is 3.14. The van der Waals surface area contributed by atoms with E-state index in [2.05, 4.69) is 4.98 Å². The van der Waals surface area contributed by atoms with Crippen LogP contribution in [0.4, 0.5) is 0 Å². The van der Waals surface area contributed by atoms with Crippen molar-refractivity contribution in [1.82, 2.24) is 4.98 Å². The lowest BCUT2D eigenvalue weighted by Crippen LogP contribution is -2.17. The molecule has 1 atom stereocenters. The third kappa shape index (κ3) is 2.83. The number of aliphatic hydroxyl groups is 1. The highest BCUT2D eigenvalue weighted by Gasteiger charge is 2.18. The minimum Gasteiger partial charge on any atom is -0.445 e. The first-order valence-electron chi connectivity index (χ1n) is 5.92. The maximum Gasteiger partial charge on any atom is 0.194 e. The first-order valence-corrected chi connectivity index (χ1v) is 5.92. The Kier molecular flexibility index (Phi) is 3.96. The Morgan fingerprint density at radius 2 is 2.25 bits per heavy atom. The monoisotopic (exact) mass is 225 g/mol. The summed E-state index contributed by atoms with van der Waals surface area (Å²) in [7, 11) is 0. The van der Waals surface area contributed by atoms with Crippen LogP contribution in [-0.2, 0) is 11.2 Å². The maximum absolute atomic E-state index is 9.01. The summed E-state index contributed by atoms with van der Waals surface area (Å²) in [6, 6.07) is 0. The largest absolute Gasteiger partial charge is 0.445 e. The van der Waals surface area contributed by atoms with E-state index in [1.165, 1.54) is 0 Å². The van der Waals surface area contributed by atoms with Crippen LogP contribution in [0.15, 0.2) is 10.6 Å². The Bertz CT molecular complexity index is 318. The van der Waals surface area contributed by atoms with Gasteiger partial charge in [0.1, 0.15) is 5.76 Å². The van der Waals surface area contributed by atoms with Gasteiger partial charge in [-0.25, -0.2) is 4.98 Å². The van der Waals surface area contributed by atoms with Crippen molar-refractivity contribution in [1.29, 1.82) is 0 Å². The molecular formula is C12H19NO3. The molecule has 90 valence electrons. The van der Waals surface area contributed by atoms with Crippen LogP contribution in [-0.4, -0.2) is 29.9 Å². The van der Waals surface area contributed by atoms with Crippen LogP contribution in [0.2, 0.25) is 0 Å². The lowest BCUT2D eigenvalue weighted by molar-refractivity contribution is 0.0645. The van der Waals surface area contributed by atoms with E-state index in [1.54, 1.807) is 6.20 Å². The van der Waals surface area contributed by atoms with E-state index in [-0.39, 0.29) is 12.5 Å². The molecule has 4 heteroatoms. The van der Waals surface area contributed by atoms with Crippen molar-refractivity contribution >= 4 is 0 Å². The van der Waals surface area contributed by atoms with Crippen molar-refractivity contribution in [3.05, 3.63) is 17.8 Å². The highest BCUT2D eigenvalue weighted by molar-refractivity contribution is 5.01. The fraction of sp³-hybridized carbons (Fsp3) is 0.750. The second kappa shape index (κ2) is 5.46. The molecule has 0 spiro atoms. The third-order valence-corrected chi connectivity index (χ3v) is 3.14. The molecule has 16 heavy (non-hydrogen) atoms. The fourth-order valence-electron chi connectivity index (χ4n) is 1.93. The van der Waals surface area contributed by atoms with Gasteiger partial charge in [-0.15, -0.1) is 0 Å². The van der Waals surface area contributed by atoms with Gasteiger partial charge in [-0.05, 0) is 18.8 Å². The summed E-state index contributed by atoms with van der Waals surface area (Å²) < 4.78 is 10.9. The molecular weight excluding hydrogens is 206 g/mol. The number of aromatic nitrogens is 1. The van der Waals surface area contributed by atoms with E-state index in [4.69, 9.17) is 14.3 Å². The second-order valence-corrected chi connectivity index (χ2v) is 4.50. The van der Waals surface area contributed by atoms with Crippen molar-refractivity contribution in [3.8, 4) is 0 Å². The topological polar surface area (TPSA) is 55.5 Å². The number of hydrogen-bond donors (Lipinski definition) is 1. The van der Waals surface area contributed by atoms with Gasteiger partial charge in [0.15, 0.2) is 5.89 Å². The molecule has 2 heterocycles. The van der Waals surface area contributed by atoms with E-state index >= 15 is 0 Å². The second-order valence-electron chi connectivity index (χ2n) is 4.50. The highest BCUT2D eigenvalue weighted by atomic mass is 16.5. The van der Waals surface area contributed by atoms with Crippen LogP contribution in [0.5, 0.6) is 0 Å². The van der Waals surface area contributed by atoms with Gasteiger partial charge in [0.05, 0.1) is 12.8 Å². The first kappa shape index (κ1) is 11.6. The molecule has 0 radical (unpaired) electrons. The Morgan fingerprint density at radius 3 is 2.94 bits per heavy atom. The summed E-state index contributed by atoms with van der Waals surface area (Å²) in [5, 5.41) is 9.01. The molecule has 0 aromatic carbocycles. The van der Waals surface area contributed by atoms with E-state index in [0.717, 1.165) is 44.1 Å². The number of nitrogens with zero attached hydrogens (tertiary/aromatic N) is 1. The Labute approximate surface area is 95.6 Å². The quantitative estimate of drug-likeness (QED) is 0.848. The van der Waals surface area contributed by atoms with Crippen LogP contribution in [0, 0.1) is 5.92 Å². The summed E-state index contributed by atoms with van der Waals surface area (Å²) in [6.45, 7) is 3.74. The van der Waals surface area contributed by atoms with E-state index < -0.39 is 0 Å². The normalized spacial score (nSPS) is 19.9. The van der Waals surface area contributed by atoms with Crippen LogP contribution < -0.4 is 0 Å². The minimum atomic E-state index is 0.0379. The molecule has 0 bridgehead atoms. The smallest absolute Gasteiger partial charge is 0.194 e. The van der Waals surface area contributed by atoms with Gasteiger partial charge in [0.25, 0.3) is 0 Å². The Balaban J connectivity index is 1.91. The molecule has 1 aliphatic rings. The predicted octanol–water partition coefficient (Wildman–Crippen LogP) is 1.74. The summed E-state index contributed by atoms with van der Waals surface area (Å²) in [6.07, 6.45) is 4.80. The molecule has 0 saturated carbocycles. The summed E-state index contributed by atoms with van der Waals surface area (Å²) in [5.41, 5.74) is 0. The van der Waals surface area contributed by atoms with Gasteiger partial charge in [-0.2, -0.15) is 0 Å². The maximum atomic E-state index is 9.01. The lowest BCUT2D eigenvalue weighted by Gasteiger charge is -2.20. The van der Waals surface area contributed by atoms with E-state index in [9.17, 15) is 0 Å². The molecule has 1 N–H and O–H groups in total.